The van der Waals surface area contributed by atoms with E-state index in [0.717, 1.165) is 25.2 Å². The van der Waals surface area contributed by atoms with Crippen molar-refractivity contribution in [1.29, 1.82) is 0 Å². The third-order valence-electron chi connectivity index (χ3n) is 5.77. The SMILES string of the molecule is CCS(=O)(=O)c1ccc(Cl)cc1CNC(=O)c1ccc(CN2CCC[C@@H](NS(C)(=O)=O)C2)c(F)c1. The van der Waals surface area contributed by atoms with Gasteiger partial charge in [0.1, 0.15) is 5.82 Å². The van der Waals surface area contributed by atoms with Crippen LogP contribution in [-0.2, 0) is 33.0 Å². The first kappa shape index (κ1) is 27.5. The van der Waals surface area contributed by atoms with Crippen molar-refractivity contribution in [3.8, 4) is 0 Å². The van der Waals surface area contributed by atoms with Crippen molar-refractivity contribution in [3.63, 3.8) is 0 Å². The highest BCUT2D eigenvalue weighted by atomic mass is 35.5. The Morgan fingerprint density at radius 3 is 2.54 bits per heavy atom. The quantitative estimate of drug-likeness (QED) is 0.501. The predicted octanol–water partition coefficient (Wildman–Crippen LogP) is 2.72. The summed E-state index contributed by atoms with van der Waals surface area (Å²) in [6.07, 6.45) is 2.62. The Morgan fingerprint density at radius 1 is 1.14 bits per heavy atom. The van der Waals surface area contributed by atoms with Gasteiger partial charge >= 0.3 is 0 Å². The van der Waals surface area contributed by atoms with Crippen LogP contribution in [0.15, 0.2) is 41.3 Å². The Labute approximate surface area is 210 Å². The van der Waals surface area contributed by atoms with Crippen LogP contribution in [0, 0.1) is 5.82 Å². The summed E-state index contributed by atoms with van der Waals surface area (Å²) in [4.78, 5) is 14.7. The van der Waals surface area contributed by atoms with Crippen molar-refractivity contribution in [1.82, 2.24) is 14.9 Å². The largest absolute Gasteiger partial charge is 0.348 e. The fraction of sp³-hybridized carbons (Fsp3) is 0.435. The highest BCUT2D eigenvalue weighted by Crippen LogP contribution is 2.22. The molecule has 1 fully saturated rings. The number of sulfone groups is 1. The molecule has 1 aliphatic rings. The smallest absolute Gasteiger partial charge is 0.251 e. The van der Waals surface area contributed by atoms with Crippen LogP contribution >= 0.6 is 11.6 Å². The summed E-state index contributed by atoms with van der Waals surface area (Å²) in [6, 6.07) is 8.33. The van der Waals surface area contributed by atoms with E-state index in [4.69, 9.17) is 11.6 Å². The second-order valence-corrected chi connectivity index (χ2v) is 13.1. The molecule has 0 aliphatic carbocycles. The Balaban J connectivity index is 1.66. The van der Waals surface area contributed by atoms with E-state index in [9.17, 15) is 26.0 Å². The van der Waals surface area contributed by atoms with Crippen LogP contribution < -0.4 is 10.0 Å². The standard InChI is InChI=1S/C23H29ClFN3O5S2/c1-3-35(32,33)22-9-8-19(24)11-18(22)13-26-23(29)16-6-7-17(21(25)12-16)14-28-10-4-5-20(15-28)27-34(2,30)31/h6-9,11-12,20,27H,3-5,10,13-15H2,1-2H3,(H,26,29)/t20-/m1/s1. The van der Waals surface area contributed by atoms with E-state index in [1.165, 1.54) is 37.3 Å². The number of likely N-dealkylation sites (tertiary alicyclic amines) is 1. The summed E-state index contributed by atoms with van der Waals surface area (Å²) in [6.45, 7) is 2.92. The van der Waals surface area contributed by atoms with E-state index < -0.39 is 31.6 Å². The molecule has 1 aliphatic heterocycles. The van der Waals surface area contributed by atoms with Crippen molar-refractivity contribution in [2.75, 3.05) is 25.1 Å². The zero-order chi connectivity index (χ0) is 25.8. The Hall–Kier alpha value is -2.05. The zero-order valence-corrected chi connectivity index (χ0v) is 21.9. The molecule has 1 amide bonds. The number of carbonyl (C=O) groups is 1. The van der Waals surface area contributed by atoms with E-state index >= 15 is 0 Å². The Bertz CT molecular complexity index is 1300. The first-order valence-corrected chi connectivity index (χ1v) is 15.1. The fourth-order valence-corrected chi connectivity index (χ4v) is 6.19. The molecule has 35 heavy (non-hydrogen) atoms. The summed E-state index contributed by atoms with van der Waals surface area (Å²) in [5.41, 5.74) is 0.850. The molecule has 1 saturated heterocycles. The molecular weight excluding hydrogens is 517 g/mol. The fourth-order valence-electron chi connectivity index (χ4n) is 4.08. The minimum Gasteiger partial charge on any atom is -0.348 e. The van der Waals surface area contributed by atoms with Crippen LogP contribution in [0.25, 0.3) is 0 Å². The van der Waals surface area contributed by atoms with Crippen LogP contribution in [0.2, 0.25) is 5.02 Å². The molecule has 8 nitrogen and oxygen atoms in total. The number of carbonyl (C=O) groups excluding carboxylic acids is 1. The molecule has 2 aromatic rings. The average molecular weight is 546 g/mol. The number of nitrogens with one attached hydrogen (secondary N) is 2. The van der Waals surface area contributed by atoms with Crippen LogP contribution in [0.5, 0.6) is 0 Å². The summed E-state index contributed by atoms with van der Waals surface area (Å²) >= 11 is 6.01. The third-order valence-corrected chi connectivity index (χ3v) is 8.60. The average Bonchev–Trinajstić information content (AvgIpc) is 2.77. The van der Waals surface area contributed by atoms with Gasteiger partial charge in [0.15, 0.2) is 9.84 Å². The summed E-state index contributed by atoms with van der Waals surface area (Å²) in [5.74, 6) is -1.19. The van der Waals surface area contributed by atoms with E-state index in [1.54, 1.807) is 0 Å². The second kappa shape index (κ2) is 11.3. The predicted molar refractivity (Wildman–Crippen MR) is 133 cm³/mol. The second-order valence-electron chi connectivity index (χ2n) is 8.61. The van der Waals surface area contributed by atoms with Gasteiger partial charge in [-0.3, -0.25) is 9.69 Å². The topological polar surface area (TPSA) is 113 Å². The van der Waals surface area contributed by atoms with Gasteiger partial charge in [0.2, 0.25) is 10.0 Å². The first-order valence-electron chi connectivity index (χ1n) is 11.2. The maximum absolute atomic E-state index is 14.8. The monoisotopic (exact) mass is 545 g/mol. The number of benzene rings is 2. The van der Waals surface area contributed by atoms with Gasteiger partial charge in [-0.2, -0.15) is 0 Å². The molecule has 192 valence electrons. The number of hydrogen-bond donors (Lipinski definition) is 2. The van der Waals surface area contributed by atoms with Crippen LogP contribution in [0.1, 0.15) is 41.3 Å². The minimum absolute atomic E-state index is 0.0835. The Morgan fingerprint density at radius 2 is 1.89 bits per heavy atom. The Kier molecular flexibility index (Phi) is 8.92. The van der Waals surface area contributed by atoms with E-state index in [-0.39, 0.29) is 35.3 Å². The molecule has 3 rings (SSSR count). The molecular formula is C23H29ClFN3O5S2. The maximum atomic E-state index is 14.8. The van der Waals surface area contributed by atoms with Gasteiger partial charge in [-0.1, -0.05) is 24.6 Å². The van der Waals surface area contributed by atoms with Crippen LogP contribution in [0.3, 0.4) is 0 Å². The number of halogens is 2. The molecule has 12 heteroatoms. The van der Waals surface area contributed by atoms with Gasteiger partial charge < -0.3 is 5.32 Å². The number of sulfonamides is 1. The van der Waals surface area contributed by atoms with Crippen LogP contribution in [0.4, 0.5) is 4.39 Å². The number of rotatable bonds is 9. The van der Waals surface area contributed by atoms with Gasteiger partial charge in [-0.05, 0) is 55.3 Å². The van der Waals surface area contributed by atoms with Gasteiger partial charge in [-0.15, -0.1) is 0 Å². The van der Waals surface area contributed by atoms with E-state index in [0.29, 0.717) is 29.2 Å². The molecule has 0 radical (unpaired) electrons. The van der Waals surface area contributed by atoms with Crippen molar-refractivity contribution in [2.45, 2.75) is 43.8 Å². The molecule has 1 atom stereocenters. The van der Waals surface area contributed by atoms with Gasteiger partial charge in [0.05, 0.1) is 16.9 Å². The molecule has 0 aromatic heterocycles. The lowest BCUT2D eigenvalue weighted by Gasteiger charge is -2.32. The maximum Gasteiger partial charge on any atom is 0.251 e. The van der Waals surface area contributed by atoms with E-state index in [1.807, 2.05) is 4.90 Å². The summed E-state index contributed by atoms with van der Waals surface area (Å²) in [5, 5.41) is 2.97. The minimum atomic E-state index is -3.51. The lowest BCUT2D eigenvalue weighted by atomic mass is 10.0. The molecule has 1 heterocycles. The van der Waals surface area contributed by atoms with Crippen molar-refractivity contribution >= 4 is 37.4 Å². The molecule has 0 bridgehead atoms. The number of amides is 1. The first-order chi connectivity index (χ1) is 16.4. The van der Waals surface area contributed by atoms with Crippen LogP contribution in [-0.4, -0.2) is 58.8 Å². The van der Waals surface area contributed by atoms with Crippen molar-refractivity contribution in [3.05, 3.63) is 63.9 Å². The van der Waals surface area contributed by atoms with Gasteiger partial charge in [0.25, 0.3) is 5.91 Å². The molecule has 0 spiro atoms. The van der Waals surface area contributed by atoms with Gasteiger partial charge in [-0.25, -0.2) is 25.9 Å². The molecule has 0 unspecified atom stereocenters. The van der Waals surface area contributed by atoms with Gasteiger partial charge in [0, 0.05) is 41.8 Å². The highest BCUT2D eigenvalue weighted by Gasteiger charge is 2.23. The number of nitrogens with zero attached hydrogens (tertiary/aromatic N) is 1. The lowest BCUT2D eigenvalue weighted by molar-refractivity contribution is 0.0950. The third kappa shape index (κ3) is 7.71. The molecule has 2 N–H and O–H groups in total. The number of hydrogen-bond acceptors (Lipinski definition) is 6. The highest BCUT2D eigenvalue weighted by molar-refractivity contribution is 7.91. The number of piperidine rings is 1. The van der Waals surface area contributed by atoms with E-state index in [2.05, 4.69) is 10.0 Å². The molecule has 0 saturated carbocycles. The zero-order valence-electron chi connectivity index (χ0n) is 19.6. The summed E-state index contributed by atoms with van der Waals surface area (Å²) in [7, 11) is -6.83. The molecule has 2 aromatic carbocycles. The normalized spacial score (nSPS) is 17.3. The van der Waals surface area contributed by atoms with Crippen molar-refractivity contribution in [2.24, 2.45) is 0 Å². The lowest BCUT2D eigenvalue weighted by Crippen LogP contribution is -2.47. The summed E-state index contributed by atoms with van der Waals surface area (Å²) < 4.78 is 65.1. The van der Waals surface area contributed by atoms with Crippen molar-refractivity contribution < 1.29 is 26.0 Å².